The second kappa shape index (κ2) is 5.89. The summed E-state index contributed by atoms with van der Waals surface area (Å²) in [5.74, 6) is 0.268. The zero-order valence-corrected chi connectivity index (χ0v) is 11.3. The Bertz CT molecular complexity index is 475. The van der Waals surface area contributed by atoms with Crippen LogP contribution in [0.4, 0.5) is 11.5 Å². The maximum Gasteiger partial charge on any atom is 0.143 e. The molecule has 1 aliphatic carbocycles. The third-order valence-corrected chi connectivity index (χ3v) is 3.66. The van der Waals surface area contributed by atoms with Crippen molar-refractivity contribution in [2.24, 2.45) is 0 Å². The van der Waals surface area contributed by atoms with E-state index in [1.807, 2.05) is 6.92 Å². The van der Waals surface area contributed by atoms with Gasteiger partial charge < -0.3 is 15.8 Å². The highest BCUT2D eigenvalue weighted by Crippen LogP contribution is 2.33. The summed E-state index contributed by atoms with van der Waals surface area (Å²) in [6, 6.07) is 3.87. The van der Waals surface area contributed by atoms with Crippen LogP contribution in [0.5, 0.6) is 0 Å². The number of hydrogen-bond acceptors (Lipinski definition) is 5. The SMILES string of the molecule is CCOC1(CNc2ccnc(N)c2C#N)CCCC1. The molecule has 1 aromatic rings. The summed E-state index contributed by atoms with van der Waals surface area (Å²) in [6.07, 6.45) is 6.14. The van der Waals surface area contributed by atoms with E-state index >= 15 is 0 Å². The maximum absolute atomic E-state index is 9.12. The fourth-order valence-corrected chi connectivity index (χ4v) is 2.70. The first kappa shape index (κ1) is 13.6. The summed E-state index contributed by atoms with van der Waals surface area (Å²) >= 11 is 0. The van der Waals surface area contributed by atoms with Crippen LogP contribution in [0, 0.1) is 11.3 Å². The zero-order valence-electron chi connectivity index (χ0n) is 11.3. The van der Waals surface area contributed by atoms with E-state index in [0.717, 1.165) is 18.5 Å². The lowest BCUT2D eigenvalue weighted by atomic mass is 10.0. The minimum absolute atomic E-state index is 0.0977. The molecule has 1 fully saturated rings. The fraction of sp³-hybridized carbons (Fsp3) is 0.571. The topological polar surface area (TPSA) is 84.0 Å². The molecule has 0 atom stereocenters. The van der Waals surface area contributed by atoms with Gasteiger partial charge in [0.1, 0.15) is 17.5 Å². The molecule has 0 saturated heterocycles. The molecule has 0 amide bonds. The summed E-state index contributed by atoms with van der Waals surface area (Å²) in [6.45, 7) is 3.44. The van der Waals surface area contributed by atoms with Gasteiger partial charge in [0, 0.05) is 19.3 Å². The highest BCUT2D eigenvalue weighted by molar-refractivity contribution is 5.66. The molecule has 0 aromatic carbocycles. The van der Waals surface area contributed by atoms with Gasteiger partial charge in [0.05, 0.1) is 11.3 Å². The Labute approximate surface area is 113 Å². The van der Waals surface area contributed by atoms with Gasteiger partial charge >= 0.3 is 0 Å². The van der Waals surface area contributed by atoms with Crippen LogP contribution in [0.3, 0.4) is 0 Å². The summed E-state index contributed by atoms with van der Waals surface area (Å²) in [7, 11) is 0. The lowest BCUT2D eigenvalue weighted by Crippen LogP contribution is -2.37. The van der Waals surface area contributed by atoms with E-state index in [9.17, 15) is 0 Å². The molecule has 102 valence electrons. The van der Waals surface area contributed by atoms with Gasteiger partial charge in [-0.2, -0.15) is 5.26 Å². The molecule has 5 heteroatoms. The van der Waals surface area contributed by atoms with Gasteiger partial charge in [-0.3, -0.25) is 0 Å². The smallest absolute Gasteiger partial charge is 0.143 e. The molecule has 0 aliphatic heterocycles. The molecule has 0 bridgehead atoms. The van der Waals surface area contributed by atoms with Crippen molar-refractivity contribution in [3.8, 4) is 6.07 Å². The van der Waals surface area contributed by atoms with E-state index in [-0.39, 0.29) is 11.4 Å². The number of nitriles is 1. The Kier molecular flexibility index (Phi) is 4.23. The summed E-state index contributed by atoms with van der Waals surface area (Å²) in [5.41, 5.74) is 6.75. The van der Waals surface area contributed by atoms with Crippen molar-refractivity contribution in [2.75, 3.05) is 24.2 Å². The first-order valence-corrected chi connectivity index (χ1v) is 6.73. The van der Waals surface area contributed by atoms with E-state index in [2.05, 4.69) is 16.4 Å². The third kappa shape index (κ3) is 2.96. The largest absolute Gasteiger partial charge is 0.383 e. The van der Waals surface area contributed by atoms with Crippen molar-refractivity contribution in [1.29, 1.82) is 5.26 Å². The van der Waals surface area contributed by atoms with Gasteiger partial charge in [0.2, 0.25) is 0 Å². The van der Waals surface area contributed by atoms with Gasteiger partial charge in [0.15, 0.2) is 0 Å². The van der Waals surface area contributed by atoms with Crippen molar-refractivity contribution in [3.63, 3.8) is 0 Å². The van der Waals surface area contributed by atoms with Crippen molar-refractivity contribution < 1.29 is 4.74 Å². The van der Waals surface area contributed by atoms with Crippen molar-refractivity contribution in [1.82, 2.24) is 4.98 Å². The van der Waals surface area contributed by atoms with Crippen LogP contribution in [-0.2, 0) is 4.74 Å². The first-order valence-electron chi connectivity index (χ1n) is 6.73. The Hall–Kier alpha value is -1.80. The molecular formula is C14H20N4O. The number of nitrogens with one attached hydrogen (secondary N) is 1. The minimum atomic E-state index is -0.0977. The average Bonchev–Trinajstić information content (AvgIpc) is 2.86. The lowest BCUT2D eigenvalue weighted by Gasteiger charge is -2.29. The van der Waals surface area contributed by atoms with Crippen LogP contribution in [-0.4, -0.2) is 23.7 Å². The predicted octanol–water partition coefficient (Wildman–Crippen LogP) is 2.30. The molecule has 5 nitrogen and oxygen atoms in total. The number of anilines is 2. The molecule has 0 radical (unpaired) electrons. The molecule has 2 rings (SSSR count). The number of nitrogen functional groups attached to an aromatic ring is 1. The predicted molar refractivity (Wildman–Crippen MR) is 74.7 cm³/mol. The van der Waals surface area contributed by atoms with E-state index in [4.69, 9.17) is 15.7 Å². The van der Waals surface area contributed by atoms with E-state index in [0.29, 0.717) is 18.7 Å². The van der Waals surface area contributed by atoms with Crippen LogP contribution in [0.15, 0.2) is 12.3 Å². The van der Waals surface area contributed by atoms with Gasteiger partial charge in [-0.25, -0.2) is 4.98 Å². The Balaban J connectivity index is 2.10. The van der Waals surface area contributed by atoms with Crippen LogP contribution in [0.1, 0.15) is 38.2 Å². The molecule has 1 aromatic heterocycles. The van der Waals surface area contributed by atoms with Gasteiger partial charge in [-0.05, 0) is 25.8 Å². The van der Waals surface area contributed by atoms with Gasteiger partial charge in [-0.1, -0.05) is 12.8 Å². The molecule has 3 N–H and O–H groups in total. The van der Waals surface area contributed by atoms with Crippen molar-refractivity contribution in [2.45, 2.75) is 38.2 Å². The Morgan fingerprint density at radius 1 is 1.53 bits per heavy atom. The Morgan fingerprint density at radius 2 is 2.26 bits per heavy atom. The number of hydrogen-bond donors (Lipinski definition) is 2. The van der Waals surface area contributed by atoms with E-state index < -0.39 is 0 Å². The molecule has 1 heterocycles. The van der Waals surface area contributed by atoms with Crippen LogP contribution < -0.4 is 11.1 Å². The first-order chi connectivity index (χ1) is 9.21. The van der Waals surface area contributed by atoms with Crippen molar-refractivity contribution in [3.05, 3.63) is 17.8 Å². The van der Waals surface area contributed by atoms with Crippen LogP contribution in [0.25, 0.3) is 0 Å². The molecular weight excluding hydrogens is 240 g/mol. The minimum Gasteiger partial charge on any atom is -0.383 e. The monoisotopic (exact) mass is 260 g/mol. The van der Waals surface area contributed by atoms with Crippen molar-refractivity contribution >= 4 is 11.5 Å². The second-order valence-corrected chi connectivity index (χ2v) is 4.91. The summed E-state index contributed by atoms with van der Waals surface area (Å²) in [5, 5.41) is 12.4. The number of rotatable bonds is 5. The molecule has 19 heavy (non-hydrogen) atoms. The van der Waals surface area contributed by atoms with Gasteiger partial charge in [0.25, 0.3) is 0 Å². The summed E-state index contributed by atoms with van der Waals surface area (Å²) < 4.78 is 5.92. The Morgan fingerprint density at radius 3 is 2.89 bits per heavy atom. The van der Waals surface area contributed by atoms with Gasteiger partial charge in [-0.15, -0.1) is 0 Å². The number of nitrogens with zero attached hydrogens (tertiary/aromatic N) is 2. The molecule has 0 spiro atoms. The van der Waals surface area contributed by atoms with Crippen LogP contribution in [0.2, 0.25) is 0 Å². The molecule has 1 aliphatic rings. The van der Waals surface area contributed by atoms with E-state index in [1.165, 1.54) is 12.8 Å². The normalized spacial score (nSPS) is 17.1. The zero-order chi connectivity index (χ0) is 13.7. The summed E-state index contributed by atoms with van der Waals surface area (Å²) in [4.78, 5) is 3.93. The molecule has 1 saturated carbocycles. The number of nitrogens with two attached hydrogens (primary N) is 1. The third-order valence-electron chi connectivity index (χ3n) is 3.66. The standard InChI is InChI=1S/C14H20N4O/c1-2-19-14(6-3-4-7-14)10-18-12-5-8-17-13(16)11(12)9-15/h5,8H,2-4,6-7,10H2,1H3,(H3,16,17,18). The number of aromatic nitrogens is 1. The fourth-order valence-electron chi connectivity index (χ4n) is 2.70. The maximum atomic E-state index is 9.12. The molecule has 0 unspecified atom stereocenters. The average molecular weight is 260 g/mol. The van der Waals surface area contributed by atoms with E-state index in [1.54, 1.807) is 12.3 Å². The quantitative estimate of drug-likeness (QED) is 0.848. The number of pyridine rings is 1. The van der Waals surface area contributed by atoms with Crippen LogP contribution >= 0.6 is 0 Å². The highest BCUT2D eigenvalue weighted by atomic mass is 16.5. The lowest BCUT2D eigenvalue weighted by molar-refractivity contribution is -0.0234. The highest BCUT2D eigenvalue weighted by Gasteiger charge is 2.34. The second-order valence-electron chi connectivity index (χ2n) is 4.91. The number of ether oxygens (including phenoxy) is 1.